The van der Waals surface area contributed by atoms with Gasteiger partial charge in [0.05, 0.1) is 0 Å². The van der Waals surface area contributed by atoms with Gasteiger partial charge in [-0.3, -0.25) is 4.79 Å². The first-order valence-corrected chi connectivity index (χ1v) is 6.80. The predicted molar refractivity (Wildman–Crippen MR) is 82.8 cm³/mol. The van der Waals surface area contributed by atoms with Crippen LogP contribution in [0.1, 0.15) is 18.1 Å². The van der Waals surface area contributed by atoms with Gasteiger partial charge in [-0.1, -0.05) is 48.5 Å². The van der Waals surface area contributed by atoms with E-state index < -0.39 is 0 Å². The number of anilines is 1. The fourth-order valence-corrected chi connectivity index (χ4v) is 2.15. The minimum Gasteiger partial charge on any atom is -0.374 e. The molecule has 2 N–H and O–H groups in total. The van der Waals surface area contributed by atoms with E-state index in [4.69, 9.17) is 0 Å². The highest BCUT2D eigenvalue weighted by Gasteiger charge is 2.12. The summed E-state index contributed by atoms with van der Waals surface area (Å²) < 4.78 is 0. The molecule has 0 aliphatic rings. The Morgan fingerprint density at radius 2 is 1.70 bits per heavy atom. The summed E-state index contributed by atoms with van der Waals surface area (Å²) in [5.41, 5.74) is 3.45. The predicted octanol–water partition coefficient (Wildman–Crippen LogP) is 2.82. The van der Waals surface area contributed by atoms with Crippen LogP contribution in [-0.4, -0.2) is 19.0 Å². The molecule has 2 rings (SSSR count). The number of hydrogen-bond acceptors (Lipinski definition) is 2. The van der Waals surface area contributed by atoms with Crippen molar-refractivity contribution >= 4 is 11.6 Å². The molecule has 1 unspecified atom stereocenters. The molecule has 0 spiro atoms. The number of carbonyl (C=O) groups excluding carboxylic acids is 1. The van der Waals surface area contributed by atoms with Gasteiger partial charge in [0.15, 0.2) is 0 Å². The van der Waals surface area contributed by atoms with Gasteiger partial charge in [-0.15, -0.1) is 0 Å². The summed E-state index contributed by atoms with van der Waals surface area (Å²) in [4.78, 5) is 11.6. The fourth-order valence-electron chi connectivity index (χ4n) is 2.15. The molecule has 0 aliphatic carbocycles. The zero-order valence-electron chi connectivity index (χ0n) is 11.9. The molecule has 3 nitrogen and oxygen atoms in total. The van der Waals surface area contributed by atoms with Crippen molar-refractivity contribution in [3.05, 3.63) is 65.7 Å². The molecule has 0 aliphatic heterocycles. The lowest BCUT2D eigenvalue weighted by molar-refractivity contribution is -0.121. The molecule has 20 heavy (non-hydrogen) atoms. The molecule has 0 bridgehead atoms. The third-order valence-corrected chi connectivity index (χ3v) is 3.27. The highest BCUT2D eigenvalue weighted by molar-refractivity contribution is 5.84. The third kappa shape index (κ3) is 3.60. The second-order valence-corrected chi connectivity index (χ2v) is 4.80. The van der Waals surface area contributed by atoms with Crippen LogP contribution in [0.25, 0.3) is 0 Å². The molecule has 1 atom stereocenters. The first kappa shape index (κ1) is 14.1. The van der Waals surface area contributed by atoms with E-state index in [2.05, 4.69) is 28.8 Å². The van der Waals surface area contributed by atoms with E-state index in [0.29, 0.717) is 0 Å². The van der Waals surface area contributed by atoms with Gasteiger partial charge in [-0.05, 0) is 30.5 Å². The van der Waals surface area contributed by atoms with Crippen LogP contribution in [0.15, 0.2) is 54.6 Å². The Morgan fingerprint density at radius 3 is 2.40 bits per heavy atom. The van der Waals surface area contributed by atoms with E-state index in [1.165, 1.54) is 11.1 Å². The maximum atomic E-state index is 11.6. The lowest BCUT2D eigenvalue weighted by atomic mass is 10.0. The van der Waals surface area contributed by atoms with Crippen molar-refractivity contribution in [2.45, 2.75) is 19.4 Å². The fraction of sp³-hybridized carbons (Fsp3) is 0.235. The molecule has 0 radical (unpaired) electrons. The molecular formula is C17H20N2O. The average molecular weight is 268 g/mol. The van der Waals surface area contributed by atoms with Gasteiger partial charge in [0, 0.05) is 12.7 Å². The Morgan fingerprint density at radius 1 is 1.05 bits per heavy atom. The van der Waals surface area contributed by atoms with E-state index in [1.54, 1.807) is 7.05 Å². The number of benzene rings is 2. The minimum atomic E-state index is -0.253. The van der Waals surface area contributed by atoms with Gasteiger partial charge in [-0.25, -0.2) is 0 Å². The maximum Gasteiger partial charge on any atom is 0.241 e. The van der Waals surface area contributed by atoms with Crippen LogP contribution in [0.3, 0.4) is 0 Å². The number of nitrogens with one attached hydrogen (secondary N) is 2. The van der Waals surface area contributed by atoms with E-state index in [9.17, 15) is 4.79 Å². The number of likely N-dealkylation sites (N-methyl/N-ethyl adjacent to an activating group) is 1. The first-order chi connectivity index (χ1) is 9.70. The molecule has 0 saturated heterocycles. The van der Waals surface area contributed by atoms with Crippen molar-refractivity contribution < 1.29 is 4.79 Å². The molecule has 2 aromatic carbocycles. The molecule has 2 aromatic rings. The summed E-state index contributed by atoms with van der Waals surface area (Å²) in [6.45, 7) is 1.86. The highest BCUT2D eigenvalue weighted by atomic mass is 16.2. The summed E-state index contributed by atoms with van der Waals surface area (Å²) in [6.07, 6.45) is 0.852. The number of hydrogen-bond donors (Lipinski definition) is 2. The largest absolute Gasteiger partial charge is 0.374 e. The van der Waals surface area contributed by atoms with Crippen LogP contribution < -0.4 is 10.6 Å². The molecule has 0 saturated carbocycles. The Labute approximate surface area is 120 Å². The average Bonchev–Trinajstić information content (AvgIpc) is 2.49. The van der Waals surface area contributed by atoms with Gasteiger partial charge in [0.1, 0.15) is 6.04 Å². The summed E-state index contributed by atoms with van der Waals surface area (Å²) in [7, 11) is 1.65. The Kier molecular flexibility index (Phi) is 4.77. The van der Waals surface area contributed by atoms with Crippen LogP contribution in [0.4, 0.5) is 5.69 Å². The van der Waals surface area contributed by atoms with Gasteiger partial charge in [0.2, 0.25) is 5.91 Å². The highest BCUT2D eigenvalue weighted by Crippen LogP contribution is 2.19. The van der Waals surface area contributed by atoms with Crippen molar-refractivity contribution in [3.63, 3.8) is 0 Å². The topological polar surface area (TPSA) is 41.1 Å². The van der Waals surface area contributed by atoms with Crippen molar-refractivity contribution in [1.29, 1.82) is 0 Å². The molecule has 3 heteroatoms. The number of para-hydroxylation sites is 1. The molecule has 0 fully saturated rings. The van der Waals surface area contributed by atoms with E-state index in [-0.39, 0.29) is 11.9 Å². The number of amides is 1. The summed E-state index contributed by atoms with van der Waals surface area (Å²) in [5.74, 6) is -0.0143. The SMILES string of the molecule is CNC(=O)C(C)Nc1ccccc1Cc1ccccc1. The molecule has 104 valence electrons. The lowest BCUT2D eigenvalue weighted by Gasteiger charge is -2.17. The molecular weight excluding hydrogens is 248 g/mol. The summed E-state index contributed by atoms with van der Waals surface area (Å²) in [5, 5.41) is 5.92. The van der Waals surface area contributed by atoms with Crippen LogP contribution in [0, 0.1) is 0 Å². The zero-order valence-corrected chi connectivity index (χ0v) is 11.9. The molecule has 0 aromatic heterocycles. The van der Waals surface area contributed by atoms with Crippen LogP contribution in [-0.2, 0) is 11.2 Å². The summed E-state index contributed by atoms with van der Waals surface area (Å²) in [6, 6.07) is 18.2. The number of carbonyl (C=O) groups is 1. The van der Waals surface area contributed by atoms with Gasteiger partial charge < -0.3 is 10.6 Å². The Hall–Kier alpha value is -2.29. The number of rotatable bonds is 5. The van der Waals surface area contributed by atoms with E-state index in [1.807, 2.05) is 43.3 Å². The lowest BCUT2D eigenvalue weighted by Crippen LogP contribution is -2.35. The second kappa shape index (κ2) is 6.75. The second-order valence-electron chi connectivity index (χ2n) is 4.80. The zero-order chi connectivity index (χ0) is 14.4. The quantitative estimate of drug-likeness (QED) is 0.875. The van der Waals surface area contributed by atoms with Crippen molar-refractivity contribution in [1.82, 2.24) is 5.32 Å². The smallest absolute Gasteiger partial charge is 0.241 e. The Balaban J connectivity index is 2.16. The van der Waals surface area contributed by atoms with Gasteiger partial charge >= 0.3 is 0 Å². The standard InChI is InChI=1S/C17H20N2O/c1-13(17(20)18-2)19-16-11-7-6-10-15(16)12-14-8-4-3-5-9-14/h3-11,13,19H,12H2,1-2H3,(H,18,20). The summed E-state index contributed by atoms with van der Waals surface area (Å²) >= 11 is 0. The maximum absolute atomic E-state index is 11.6. The molecule has 0 heterocycles. The third-order valence-electron chi connectivity index (χ3n) is 3.27. The normalized spacial score (nSPS) is 11.7. The monoisotopic (exact) mass is 268 g/mol. The van der Waals surface area contributed by atoms with Crippen LogP contribution >= 0.6 is 0 Å². The first-order valence-electron chi connectivity index (χ1n) is 6.80. The van der Waals surface area contributed by atoms with Gasteiger partial charge in [-0.2, -0.15) is 0 Å². The van der Waals surface area contributed by atoms with Crippen molar-refractivity contribution in [2.24, 2.45) is 0 Å². The van der Waals surface area contributed by atoms with Crippen molar-refractivity contribution in [3.8, 4) is 0 Å². The van der Waals surface area contributed by atoms with Crippen LogP contribution in [0.5, 0.6) is 0 Å². The van der Waals surface area contributed by atoms with Crippen LogP contribution in [0.2, 0.25) is 0 Å². The van der Waals surface area contributed by atoms with E-state index in [0.717, 1.165) is 12.1 Å². The van der Waals surface area contributed by atoms with Gasteiger partial charge in [0.25, 0.3) is 0 Å². The Bertz CT molecular complexity index is 566. The van der Waals surface area contributed by atoms with E-state index >= 15 is 0 Å². The molecule has 1 amide bonds. The van der Waals surface area contributed by atoms with Crippen molar-refractivity contribution in [2.75, 3.05) is 12.4 Å². The minimum absolute atomic E-state index is 0.0143.